The lowest BCUT2D eigenvalue weighted by atomic mass is 9.98. The maximum Gasteiger partial charge on any atom is 0.130 e. The molecule has 4 nitrogen and oxygen atoms in total. The first-order valence-corrected chi connectivity index (χ1v) is 8.55. The molecule has 0 saturated heterocycles. The van der Waals surface area contributed by atoms with E-state index in [1.54, 1.807) is 4.68 Å². The molecule has 0 fully saturated rings. The monoisotopic (exact) mass is 324 g/mol. The minimum Gasteiger partial charge on any atom is -0.271 e. The number of thiophene rings is 1. The van der Waals surface area contributed by atoms with E-state index in [1.165, 1.54) is 41.0 Å². The van der Waals surface area contributed by atoms with Crippen molar-refractivity contribution in [3.8, 4) is 0 Å². The van der Waals surface area contributed by atoms with E-state index in [0.717, 1.165) is 17.7 Å². The minimum atomic E-state index is 0.0981. The Bertz CT molecular complexity index is 623. The third-order valence-corrected chi connectivity index (χ3v) is 6.06. The maximum absolute atomic E-state index is 6.34. The van der Waals surface area contributed by atoms with Crippen LogP contribution in [0.25, 0.3) is 0 Å². The first kappa shape index (κ1) is 15.0. The van der Waals surface area contributed by atoms with Crippen LogP contribution < -0.4 is 11.3 Å². The molecule has 1 atom stereocenters. The molecule has 2 aromatic heterocycles. The lowest BCUT2D eigenvalue weighted by Gasteiger charge is -2.14. The third kappa shape index (κ3) is 2.88. The molecule has 0 aromatic carbocycles. The van der Waals surface area contributed by atoms with Crippen molar-refractivity contribution >= 4 is 22.9 Å². The van der Waals surface area contributed by atoms with Crippen molar-refractivity contribution in [3.63, 3.8) is 0 Å². The predicted octanol–water partition coefficient (Wildman–Crippen LogP) is 3.07. The summed E-state index contributed by atoms with van der Waals surface area (Å²) < 4.78 is 1.72. The van der Waals surface area contributed by atoms with Gasteiger partial charge in [-0.25, -0.2) is 0 Å². The highest BCUT2D eigenvalue weighted by Crippen LogP contribution is 2.35. The molecule has 0 bridgehead atoms. The van der Waals surface area contributed by atoms with Crippen molar-refractivity contribution in [3.05, 3.63) is 37.8 Å². The minimum absolute atomic E-state index is 0.0981. The predicted molar refractivity (Wildman–Crippen MR) is 87.7 cm³/mol. The van der Waals surface area contributed by atoms with Gasteiger partial charge in [0.25, 0.3) is 0 Å². The Morgan fingerprint density at radius 2 is 2.24 bits per heavy atom. The molecule has 1 aliphatic carbocycles. The second kappa shape index (κ2) is 6.08. The Morgan fingerprint density at radius 3 is 2.86 bits per heavy atom. The summed E-state index contributed by atoms with van der Waals surface area (Å²) >= 11 is 8.23. The molecule has 1 unspecified atom stereocenters. The van der Waals surface area contributed by atoms with Crippen LogP contribution in [0.15, 0.2) is 6.07 Å². The van der Waals surface area contributed by atoms with Gasteiger partial charge in [0.05, 0.1) is 11.7 Å². The van der Waals surface area contributed by atoms with Gasteiger partial charge >= 0.3 is 0 Å². The van der Waals surface area contributed by atoms with E-state index >= 15 is 0 Å². The van der Waals surface area contributed by atoms with Gasteiger partial charge in [-0.15, -0.1) is 11.3 Å². The fourth-order valence-corrected chi connectivity index (χ4v) is 4.61. The number of halogens is 1. The van der Waals surface area contributed by atoms with Crippen molar-refractivity contribution in [1.29, 1.82) is 0 Å². The molecule has 21 heavy (non-hydrogen) atoms. The summed E-state index contributed by atoms with van der Waals surface area (Å²) in [6.45, 7) is 1.99. The molecule has 2 aromatic rings. The molecule has 6 heteroatoms. The topological polar surface area (TPSA) is 55.9 Å². The second-order valence-corrected chi connectivity index (χ2v) is 7.23. The number of aryl methyl sites for hydroxylation is 4. The molecule has 1 aliphatic rings. The maximum atomic E-state index is 6.34. The van der Waals surface area contributed by atoms with Gasteiger partial charge in [0.15, 0.2) is 0 Å². The number of nitrogens with one attached hydrogen (secondary N) is 1. The summed E-state index contributed by atoms with van der Waals surface area (Å²) in [6.07, 6.45) is 5.80. The van der Waals surface area contributed by atoms with Gasteiger partial charge in [0.2, 0.25) is 0 Å². The number of rotatable bonds is 4. The highest BCUT2D eigenvalue weighted by atomic mass is 35.5. The van der Waals surface area contributed by atoms with E-state index in [1.807, 2.05) is 25.3 Å². The molecule has 0 spiro atoms. The summed E-state index contributed by atoms with van der Waals surface area (Å²) in [4.78, 5) is 2.84. The number of hydrazine groups is 1. The average molecular weight is 325 g/mol. The molecule has 3 rings (SSSR count). The van der Waals surface area contributed by atoms with E-state index < -0.39 is 0 Å². The zero-order valence-electron chi connectivity index (χ0n) is 12.4. The van der Waals surface area contributed by atoms with Gasteiger partial charge in [-0.3, -0.25) is 16.0 Å². The zero-order chi connectivity index (χ0) is 15.0. The normalized spacial score (nSPS) is 16.0. The second-order valence-electron chi connectivity index (χ2n) is 5.71. The van der Waals surface area contributed by atoms with Crippen LogP contribution in [0.1, 0.15) is 45.5 Å². The zero-order valence-corrected chi connectivity index (χ0v) is 14.0. The molecule has 0 amide bonds. The van der Waals surface area contributed by atoms with Gasteiger partial charge in [0, 0.05) is 22.4 Å². The Labute approximate surface area is 134 Å². The van der Waals surface area contributed by atoms with Crippen LogP contribution in [0.5, 0.6) is 0 Å². The lowest BCUT2D eigenvalue weighted by molar-refractivity contribution is 0.559. The summed E-state index contributed by atoms with van der Waals surface area (Å²) in [5.41, 5.74) is 6.52. The fourth-order valence-electron chi connectivity index (χ4n) is 3.04. The van der Waals surface area contributed by atoms with Crippen molar-refractivity contribution in [1.82, 2.24) is 15.2 Å². The van der Waals surface area contributed by atoms with Gasteiger partial charge in [-0.2, -0.15) is 5.10 Å². The Hall–Kier alpha value is -0.880. The number of nitrogens with zero attached hydrogens (tertiary/aromatic N) is 2. The molecule has 0 radical (unpaired) electrons. The van der Waals surface area contributed by atoms with Gasteiger partial charge in [0.1, 0.15) is 5.15 Å². The quantitative estimate of drug-likeness (QED) is 0.671. The van der Waals surface area contributed by atoms with Crippen molar-refractivity contribution in [2.24, 2.45) is 12.9 Å². The van der Waals surface area contributed by atoms with Crippen LogP contribution in [-0.4, -0.2) is 9.78 Å². The Kier molecular flexibility index (Phi) is 4.36. The summed E-state index contributed by atoms with van der Waals surface area (Å²) in [6, 6.07) is 2.42. The van der Waals surface area contributed by atoms with Crippen molar-refractivity contribution < 1.29 is 0 Å². The molecule has 0 aliphatic heterocycles. The van der Waals surface area contributed by atoms with Crippen LogP contribution >= 0.6 is 22.9 Å². The summed E-state index contributed by atoms with van der Waals surface area (Å²) in [7, 11) is 1.87. The Morgan fingerprint density at radius 1 is 1.48 bits per heavy atom. The van der Waals surface area contributed by atoms with E-state index in [4.69, 9.17) is 17.4 Å². The first-order chi connectivity index (χ1) is 10.1. The molecule has 0 saturated carbocycles. The largest absolute Gasteiger partial charge is 0.271 e. The molecule has 2 heterocycles. The molecular weight excluding hydrogens is 304 g/mol. The van der Waals surface area contributed by atoms with Crippen molar-refractivity contribution in [2.45, 2.75) is 45.1 Å². The van der Waals surface area contributed by atoms with E-state index in [-0.39, 0.29) is 6.04 Å². The van der Waals surface area contributed by atoms with Crippen molar-refractivity contribution in [2.75, 3.05) is 0 Å². The van der Waals surface area contributed by atoms with Crippen LogP contribution in [0.4, 0.5) is 0 Å². The Balaban J connectivity index is 1.86. The highest BCUT2D eigenvalue weighted by molar-refractivity contribution is 7.12. The van der Waals surface area contributed by atoms with E-state index in [0.29, 0.717) is 5.15 Å². The number of nitrogens with two attached hydrogens (primary N) is 1. The molecular formula is C15H21ClN4S. The number of hydrogen-bond acceptors (Lipinski definition) is 4. The van der Waals surface area contributed by atoms with Crippen LogP contribution in [0.2, 0.25) is 5.15 Å². The average Bonchev–Trinajstić information content (AvgIpc) is 3.00. The van der Waals surface area contributed by atoms with E-state index in [2.05, 4.69) is 16.6 Å². The fraction of sp³-hybridized carbons (Fsp3) is 0.533. The van der Waals surface area contributed by atoms with Crippen LogP contribution in [0, 0.1) is 6.92 Å². The third-order valence-electron chi connectivity index (χ3n) is 4.24. The number of fused-ring (bicyclic) bond motifs is 1. The van der Waals surface area contributed by atoms with Crippen LogP contribution in [-0.2, 0) is 26.3 Å². The van der Waals surface area contributed by atoms with Crippen LogP contribution in [0.3, 0.4) is 0 Å². The van der Waals surface area contributed by atoms with Gasteiger partial charge < -0.3 is 0 Å². The number of hydrogen-bond donors (Lipinski definition) is 2. The highest BCUT2D eigenvalue weighted by Gasteiger charge is 2.22. The lowest BCUT2D eigenvalue weighted by Crippen LogP contribution is -2.29. The molecule has 114 valence electrons. The number of aromatic nitrogens is 2. The summed E-state index contributed by atoms with van der Waals surface area (Å²) in [5, 5.41) is 5.08. The SMILES string of the molecule is Cc1nn(C)c(Cl)c1CC(NN)c1cc2c(s1)CCCC2. The smallest absolute Gasteiger partial charge is 0.130 e. The summed E-state index contributed by atoms with van der Waals surface area (Å²) in [5.74, 6) is 5.80. The standard InChI is InChI=1S/C15H21ClN4S/c1-9-11(15(16)20(2)19-9)8-12(18-17)14-7-10-5-3-4-6-13(10)21-14/h7,12,18H,3-6,8,17H2,1-2H3. The van der Waals surface area contributed by atoms with Gasteiger partial charge in [-0.05, 0) is 50.7 Å². The van der Waals surface area contributed by atoms with E-state index in [9.17, 15) is 0 Å². The molecule has 3 N–H and O–H groups in total. The first-order valence-electron chi connectivity index (χ1n) is 7.35. The van der Waals surface area contributed by atoms with Gasteiger partial charge in [-0.1, -0.05) is 11.6 Å².